The highest BCUT2D eigenvalue weighted by Gasteiger charge is 2.34. The van der Waals surface area contributed by atoms with Gasteiger partial charge in [-0.25, -0.2) is 4.99 Å². The Hall–Kier alpha value is -5.08. The summed E-state index contributed by atoms with van der Waals surface area (Å²) in [4.78, 5) is 20.1. The Morgan fingerprint density at radius 3 is 2.48 bits per heavy atom. The van der Waals surface area contributed by atoms with Gasteiger partial charge in [-0.3, -0.25) is 9.36 Å². The third kappa shape index (κ3) is 5.49. The summed E-state index contributed by atoms with van der Waals surface area (Å²) in [6.07, 6.45) is 3.56. The topological polar surface area (TPSA) is 71.3 Å². The van der Waals surface area contributed by atoms with Crippen LogP contribution < -0.4 is 33.8 Å². The van der Waals surface area contributed by atoms with E-state index in [1.807, 2.05) is 90.4 Å². The number of fused-ring (bicyclic) bond motifs is 3. The lowest BCUT2D eigenvalue weighted by molar-refractivity contribution is 0.269. The van der Waals surface area contributed by atoms with E-state index in [9.17, 15) is 4.79 Å². The fourth-order valence-corrected chi connectivity index (χ4v) is 7.24. The van der Waals surface area contributed by atoms with E-state index in [0.29, 0.717) is 45.5 Å². The fraction of sp³-hybridized carbons (Fsp3) is 0.211. The van der Waals surface area contributed by atoms with E-state index >= 15 is 0 Å². The number of hydrogen-bond acceptors (Lipinski definition) is 7. The van der Waals surface area contributed by atoms with Gasteiger partial charge in [0, 0.05) is 11.1 Å². The molecule has 0 N–H and O–H groups in total. The molecule has 4 aromatic carbocycles. The molecule has 0 radical (unpaired) electrons. The molecule has 7 nitrogen and oxygen atoms in total. The number of nitrogens with zero attached hydrogens (tertiary/aromatic N) is 2. The lowest BCUT2D eigenvalue weighted by Gasteiger charge is -2.31. The number of allylic oxidation sites excluding steroid dienone is 1. The molecular weight excluding hydrogens is 596 g/mol. The van der Waals surface area contributed by atoms with E-state index in [-0.39, 0.29) is 11.6 Å². The van der Waals surface area contributed by atoms with Gasteiger partial charge in [0.25, 0.3) is 5.56 Å². The van der Waals surface area contributed by atoms with Crippen LogP contribution in [0, 0.1) is 0 Å². The van der Waals surface area contributed by atoms with Gasteiger partial charge in [-0.1, -0.05) is 72.0 Å². The molecule has 0 fully saturated rings. The molecule has 0 bridgehead atoms. The fourth-order valence-electron chi connectivity index (χ4n) is 6.24. The van der Waals surface area contributed by atoms with Crippen LogP contribution in [0.25, 0.3) is 11.8 Å². The highest BCUT2D eigenvalue weighted by Crippen LogP contribution is 2.44. The van der Waals surface area contributed by atoms with Crippen molar-refractivity contribution in [1.82, 2.24) is 4.57 Å². The first-order valence-electron chi connectivity index (χ1n) is 15.4. The normalized spacial score (nSPS) is 15.4. The highest BCUT2D eigenvalue weighted by atomic mass is 32.1. The Labute approximate surface area is 271 Å². The summed E-state index contributed by atoms with van der Waals surface area (Å²) in [5.74, 6) is 2.68. The summed E-state index contributed by atoms with van der Waals surface area (Å²) in [6.45, 7) is 2.86. The quantitative estimate of drug-likeness (QED) is 0.191. The van der Waals surface area contributed by atoms with Crippen molar-refractivity contribution in [3.05, 3.63) is 144 Å². The molecule has 2 aliphatic rings. The van der Waals surface area contributed by atoms with Gasteiger partial charge in [-0.05, 0) is 78.4 Å². The Balaban J connectivity index is 1.36. The Morgan fingerprint density at radius 2 is 1.67 bits per heavy atom. The first kappa shape index (κ1) is 29.6. The maximum Gasteiger partial charge on any atom is 0.271 e. The zero-order valence-corrected chi connectivity index (χ0v) is 26.8. The van der Waals surface area contributed by atoms with Crippen molar-refractivity contribution in [3.63, 3.8) is 0 Å². The number of ether oxygens (including phenoxy) is 4. The van der Waals surface area contributed by atoms with Crippen LogP contribution >= 0.6 is 11.3 Å². The minimum atomic E-state index is -0.389. The van der Waals surface area contributed by atoms with Crippen LogP contribution in [0.4, 0.5) is 0 Å². The monoisotopic (exact) mass is 630 g/mol. The number of benzene rings is 4. The smallest absolute Gasteiger partial charge is 0.271 e. The molecule has 46 heavy (non-hydrogen) atoms. The van der Waals surface area contributed by atoms with E-state index in [0.717, 1.165) is 46.4 Å². The van der Waals surface area contributed by atoms with Crippen molar-refractivity contribution in [2.75, 3.05) is 20.8 Å². The standard InChI is InChI=1S/C38H34N2O5S/c1-4-44-33-20-25(14-18-32(33)45-23-24-10-6-5-7-11-24)21-34-37(41)40-36(30-22-27(42-2)16-19-31(30)43-3)29-17-15-26-12-8-9-13-28(26)35(29)39-38(40)46-34/h5-14,16,18-22,36H,4,15,17,23H2,1-3H3/b34-21+/t36-/m1/s1. The summed E-state index contributed by atoms with van der Waals surface area (Å²) < 4.78 is 25.9. The molecule has 8 heteroatoms. The second-order valence-corrected chi connectivity index (χ2v) is 12.1. The number of thiazole rings is 1. The molecule has 1 aliphatic carbocycles. The maximum atomic E-state index is 14.3. The Bertz CT molecular complexity index is 2130. The molecule has 0 saturated heterocycles. The SMILES string of the molecule is CCOc1cc(/C=c2/sc3n(c2=O)[C@@H](c2cc(OC)ccc2OC)C2=C(N=3)c3ccccc3CC2)ccc1OCc1ccccc1. The molecule has 1 aliphatic heterocycles. The van der Waals surface area contributed by atoms with Crippen molar-refractivity contribution in [1.29, 1.82) is 0 Å². The zero-order chi connectivity index (χ0) is 31.6. The van der Waals surface area contributed by atoms with Crippen molar-refractivity contribution >= 4 is 23.1 Å². The lowest BCUT2D eigenvalue weighted by Crippen LogP contribution is -2.39. The summed E-state index contributed by atoms with van der Waals surface area (Å²) in [5.41, 5.74) is 7.08. The summed E-state index contributed by atoms with van der Waals surface area (Å²) >= 11 is 1.39. The average Bonchev–Trinajstić information content (AvgIpc) is 3.40. The van der Waals surface area contributed by atoms with Crippen LogP contribution in [-0.4, -0.2) is 25.4 Å². The lowest BCUT2D eigenvalue weighted by atomic mass is 9.83. The van der Waals surface area contributed by atoms with Crippen LogP contribution in [0.1, 0.15) is 47.2 Å². The minimum Gasteiger partial charge on any atom is -0.497 e. The van der Waals surface area contributed by atoms with Crippen molar-refractivity contribution < 1.29 is 18.9 Å². The van der Waals surface area contributed by atoms with Crippen LogP contribution in [0.3, 0.4) is 0 Å². The molecule has 1 aromatic heterocycles. The predicted octanol–water partition coefficient (Wildman–Crippen LogP) is 6.31. The van der Waals surface area contributed by atoms with E-state index in [1.54, 1.807) is 14.2 Å². The Kier molecular flexibility index (Phi) is 8.20. The number of aromatic nitrogens is 1. The Morgan fingerprint density at radius 1 is 0.870 bits per heavy atom. The van der Waals surface area contributed by atoms with Crippen molar-refractivity contribution in [2.24, 2.45) is 4.99 Å². The number of methoxy groups -OCH3 is 2. The minimum absolute atomic E-state index is 0.105. The molecule has 0 unspecified atom stereocenters. The van der Waals surface area contributed by atoms with E-state index in [2.05, 4.69) is 18.2 Å². The zero-order valence-electron chi connectivity index (χ0n) is 26.0. The van der Waals surface area contributed by atoms with Crippen molar-refractivity contribution in [3.8, 4) is 23.0 Å². The molecule has 1 atom stereocenters. The van der Waals surface area contributed by atoms with Gasteiger partial charge in [0.15, 0.2) is 16.3 Å². The first-order chi connectivity index (χ1) is 22.6. The van der Waals surface area contributed by atoms with E-state index in [1.165, 1.54) is 16.9 Å². The molecular formula is C38H34N2O5S. The first-order valence-corrected chi connectivity index (χ1v) is 16.2. The van der Waals surface area contributed by atoms with Gasteiger partial charge in [0.05, 0.1) is 37.1 Å². The molecule has 5 aromatic rings. The molecule has 0 amide bonds. The van der Waals surface area contributed by atoms with Gasteiger partial charge in [0.2, 0.25) is 0 Å². The summed E-state index contributed by atoms with van der Waals surface area (Å²) in [7, 11) is 3.30. The second kappa shape index (κ2) is 12.7. The summed E-state index contributed by atoms with van der Waals surface area (Å²) in [6, 6.07) is 29.5. The van der Waals surface area contributed by atoms with Gasteiger partial charge >= 0.3 is 0 Å². The molecule has 232 valence electrons. The number of aryl methyl sites for hydroxylation is 1. The van der Waals surface area contributed by atoms with E-state index < -0.39 is 0 Å². The number of hydrogen-bond donors (Lipinski definition) is 0. The molecule has 0 spiro atoms. The maximum absolute atomic E-state index is 14.3. The second-order valence-electron chi connectivity index (χ2n) is 11.1. The van der Waals surface area contributed by atoms with Crippen LogP contribution in [0.15, 0.2) is 106 Å². The van der Waals surface area contributed by atoms with Crippen LogP contribution in [-0.2, 0) is 13.0 Å². The van der Waals surface area contributed by atoms with Crippen molar-refractivity contribution in [2.45, 2.75) is 32.4 Å². The summed E-state index contributed by atoms with van der Waals surface area (Å²) in [5, 5.41) is 0. The van der Waals surface area contributed by atoms with Gasteiger partial charge in [-0.15, -0.1) is 0 Å². The third-order valence-electron chi connectivity index (χ3n) is 8.41. The van der Waals surface area contributed by atoms with E-state index in [4.69, 9.17) is 23.9 Å². The molecule has 0 saturated carbocycles. The molecule has 2 heterocycles. The van der Waals surface area contributed by atoms with Gasteiger partial charge < -0.3 is 18.9 Å². The largest absolute Gasteiger partial charge is 0.497 e. The van der Waals surface area contributed by atoms with Crippen LogP contribution in [0.5, 0.6) is 23.0 Å². The third-order valence-corrected chi connectivity index (χ3v) is 9.39. The van der Waals surface area contributed by atoms with Crippen LogP contribution in [0.2, 0.25) is 0 Å². The van der Waals surface area contributed by atoms with Gasteiger partial charge in [-0.2, -0.15) is 0 Å². The highest BCUT2D eigenvalue weighted by molar-refractivity contribution is 7.07. The average molecular weight is 631 g/mol. The number of rotatable bonds is 9. The molecule has 7 rings (SSSR count). The van der Waals surface area contributed by atoms with Gasteiger partial charge in [0.1, 0.15) is 18.1 Å². The predicted molar refractivity (Wildman–Crippen MR) is 181 cm³/mol.